The molecular formula is C21H24FNO5. The van der Waals surface area contributed by atoms with Gasteiger partial charge in [0, 0.05) is 18.7 Å². The van der Waals surface area contributed by atoms with E-state index >= 15 is 0 Å². The Balaban J connectivity index is 2.13. The van der Waals surface area contributed by atoms with Crippen molar-refractivity contribution < 1.29 is 28.2 Å². The molecule has 0 unspecified atom stereocenters. The van der Waals surface area contributed by atoms with Crippen LogP contribution >= 0.6 is 0 Å². The second-order valence-corrected chi connectivity index (χ2v) is 6.06. The molecule has 2 aromatic carbocycles. The number of hydrogen-bond acceptors (Lipinski definition) is 5. The van der Waals surface area contributed by atoms with Crippen LogP contribution in [0.15, 0.2) is 42.5 Å². The third-order valence-electron chi connectivity index (χ3n) is 4.31. The van der Waals surface area contributed by atoms with Crippen molar-refractivity contribution in [1.82, 2.24) is 4.90 Å². The van der Waals surface area contributed by atoms with Gasteiger partial charge in [-0.1, -0.05) is 6.07 Å². The Bertz CT molecular complexity index is 807. The summed E-state index contributed by atoms with van der Waals surface area (Å²) in [7, 11) is 4.42. The van der Waals surface area contributed by atoms with Crippen LogP contribution in [0.4, 0.5) is 4.39 Å². The molecule has 6 nitrogen and oxygen atoms in total. The maximum Gasteiger partial charge on any atom is 0.307 e. The zero-order chi connectivity index (χ0) is 20.5. The summed E-state index contributed by atoms with van der Waals surface area (Å²) >= 11 is 0. The van der Waals surface area contributed by atoms with Gasteiger partial charge < -0.3 is 19.1 Å². The third-order valence-corrected chi connectivity index (χ3v) is 4.31. The summed E-state index contributed by atoms with van der Waals surface area (Å²) in [5.41, 5.74) is 1.31. The van der Waals surface area contributed by atoms with Gasteiger partial charge in [-0.15, -0.1) is 0 Å². The van der Waals surface area contributed by atoms with Crippen molar-refractivity contribution >= 4 is 11.9 Å². The first kappa shape index (κ1) is 21.2. The van der Waals surface area contributed by atoms with Gasteiger partial charge in [0.15, 0.2) is 11.5 Å². The highest BCUT2D eigenvalue weighted by Gasteiger charge is 2.18. The summed E-state index contributed by atoms with van der Waals surface area (Å²) in [5, 5.41) is 0. The molecule has 0 saturated carbocycles. The minimum Gasteiger partial charge on any atom is -0.493 e. The second-order valence-electron chi connectivity index (χ2n) is 6.06. The maximum atomic E-state index is 13.1. The molecule has 28 heavy (non-hydrogen) atoms. The Hall–Kier alpha value is -3.09. The molecule has 2 rings (SSSR count). The van der Waals surface area contributed by atoms with Gasteiger partial charge in [-0.2, -0.15) is 0 Å². The van der Waals surface area contributed by atoms with Gasteiger partial charge in [0.25, 0.3) is 5.91 Å². The first-order valence-corrected chi connectivity index (χ1v) is 8.81. The van der Waals surface area contributed by atoms with E-state index in [4.69, 9.17) is 9.47 Å². The normalized spacial score (nSPS) is 10.3. The fraction of sp³-hybridized carbons (Fsp3) is 0.333. The molecule has 7 heteroatoms. The highest BCUT2D eigenvalue weighted by Crippen LogP contribution is 2.27. The van der Waals surface area contributed by atoms with Gasteiger partial charge in [-0.25, -0.2) is 4.39 Å². The van der Waals surface area contributed by atoms with Crippen molar-refractivity contribution in [3.8, 4) is 11.5 Å². The number of ether oxygens (including phenoxy) is 3. The molecule has 0 fully saturated rings. The smallest absolute Gasteiger partial charge is 0.307 e. The van der Waals surface area contributed by atoms with Crippen molar-refractivity contribution in [1.29, 1.82) is 0 Å². The monoisotopic (exact) mass is 389 g/mol. The Morgan fingerprint density at radius 3 is 2.21 bits per heavy atom. The number of nitrogens with zero attached hydrogens (tertiary/aromatic N) is 1. The molecule has 0 spiro atoms. The number of hydrogen-bond donors (Lipinski definition) is 0. The average Bonchev–Trinajstić information content (AvgIpc) is 2.73. The summed E-state index contributed by atoms with van der Waals surface area (Å²) in [6.07, 6.45) is 0.629. The summed E-state index contributed by atoms with van der Waals surface area (Å²) in [6.45, 7) is 0.582. The first-order chi connectivity index (χ1) is 13.5. The zero-order valence-corrected chi connectivity index (χ0v) is 16.2. The van der Waals surface area contributed by atoms with Crippen LogP contribution in [0, 0.1) is 5.82 Å². The summed E-state index contributed by atoms with van der Waals surface area (Å²) in [4.78, 5) is 25.9. The molecule has 0 N–H and O–H groups in total. The Morgan fingerprint density at radius 2 is 1.61 bits per heavy atom. The first-order valence-electron chi connectivity index (χ1n) is 8.81. The van der Waals surface area contributed by atoms with Crippen LogP contribution in [0.5, 0.6) is 11.5 Å². The van der Waals surface area contributed by atoms with Crippen molar-refractivity contribution in [2.75, 3.05) is 34.4 Å². The minimum atomic E-state index is -0.414. The van der Waals surface area contributed by atoms with E-state index in [1.165, 1.54) is 31.4 Å². The number of benzene rings is 2. The molecule has 2 aromatic rings. The minimum absolute atomic E-state index is 0.0787. The van der Waals surface area contributed by atoms with E-state index in [-0.39, 0.29) is 18.9 Å². The van der Waals surface area contributed by atoms with Crippen molar-refractivity contribution in [3.63, 3.8) is 0 Å². The van der Waals surface area contributed by atoms with Crippen LogP contribution in [0.25, 0.3) is 0 Å². The molecule has 0 saturated heterocycles. The largest absolute Gasteiger partial charge is 0.493 e. The average molecular weight is 389 g/mol. The standard InChI is InChI=1S/C21H24FNO5/c1-26-18-9-4-15(14-19(18)27-2)10-12-23(13-11-20(24)28-3)21(25)16-5-7-17(22)8-6-16/h4-9,14H,10-13H2,1-3H3. The van der Waals surface area contributed by atoms with E-state index in [1.807, 2.05) is 12.1 Å². The van der Waals surface area contributed by atoms with E-state index in [9.17, 15) is 14.0 Å². The van der Waals surface area contributed by atoms with Gasteiger partial charge in [0.05, 0.1) is 27.8 Å². The van der Waals surface area contributed by atoms with E-state index in [0.717, 1.165) is 5.56 Å². The second kappa shape index (κ2) is 10.3. The number of amides is 1. The lowest BCUT2D eigenvalue weighted by atomic mass is 10.1. The molecule has 0 aliphatic heterocycles. The van der Waals surface area contributed by atoms with E-state index < -0.39 is 11.8 Å². The fourth-order valence-corrected chi connectivity index (χ4v) is 2.72. The Kier molecular flexibility index (Phi) is 7.80. The Labute approximate surface area is 163 Å². The number of halogens is 1. The van der Waals surface area contributed by atoms with Crippen LogP contribution in [0.1, 0.15) is 22.3 Å². The van der Waals surface area contributed by atoms with E-state index in [2.05, 4.69) is 4.74 Å². The Morgan fingerprint density at radius 1 is 0.929 bits per heavy atom. The molecule has 0 atom stereocenters. The lowest BCUT2D eigenvalue weighted by molar-refractivity contribution is -0.140. The molecule has 150 valence electrons. The summed E-state index contributed by atoms with van der Waals surface area (Å²) < 4.78 is 28.3. The topological polar surface area (TPSA) is 65.1 Å². The molecular weight excluding hydrogens is 365 g/mol. The van der Waals surface area contributed by atoms with Gasteiger partial charge >= 0.3 is 5.97 Å². The van der Waals surface area contributed by atoms with Gasteiger partial charge in [-0.05, 0) is 48.4 Å². The predicted molar refractivity (Wildman–Crippen MR) is 102 cm³/mol. The lowest BCUT2D eigenvalue weighted by Crippen LogP contribution is -2.35. The quantitative estimate of drug-likeness (QED) is 0.617. The van der Waals surface area contributed by atoms with Crippen LogP contribution in [-0.4, -0.2) is 51.2 Å². The van der Waals surface area contributed by atoms with Gasteiger partial charge in [0.2, 0.25) is 0 Å². The maximum absolute atomic E-state index is 13.1. The molecule has 0 radical (unpaired) electrons. The zero-order valence-electron chi connectivity index (χ0n) is 16.2. The van der Waals surface area contributed by atoms with Crippen molar-refractivity contribution in [2.45, 2.75) is 12.8 Å². The fourth-order valence-electron chi connectivity index (χ4n) is 2.72. The van der Waals surface area contributed by atoms with Crippen LogP contribution in [0.3, 0.4) is 0 Å². The number of carbonyl (C=O) groups is 2. The van der Waals surface area contributed by atoms with Crippen LogP contribution in [0.2, 0.25) is 0 Å². The number of esters is 1. The van der Waals surface area contributed by atoms with Crippen molar-refractivity contribution in [3.05, 3.63) is 59.4 Å². The summed E-state index contributed by atoms with van der Waals surface area (Å²) in [5.74, 6) is 0.137. The summed E-state index contributed by atoms with van der Waals surface area (Å²) in [6, 6.07) is 10.9. The molecule has 0 bridgehead atoms. The molecule has 0 aliphatic rings. The van der Waals surface area contributed by atoms with Gasteiger partial charge in [-0.3, -0.25) is 9.59 Å². The highest BCUT2D eigenvalue weighted by atomic mass is 19.1. The highest BCUT2D eigenvalue weighted by molar-refractivity contribution is 5.94. The number of methoxy groups -OCH3 is 3. The molecule has 0 heterocycles. The van der Waals surface area contributed by atoms with E-state index in [0.29, 0.717) is 30.0 Å². The van der Waals surface area contributed by atoms with Crippen LogP contribution in [-0.2, 0) is 16.0 Å². The number of carbonyl (C=O) groups excluding carboxylic acids is 2. The molecule has 0 aromatic heterocycles. The molecule has 0 aliphatic carbocycles. The third kappa shape index (κ3) is 5.70. The van der Waals surface area contributed by atoms with Crippen LogP contribution < -0.4 is 9.47 Å². The van der Waals surface area contributed by atoms with Crippen molar-refractivity contribution in [2.24, 2.45) is 0 Å². The number of rotatable bonds is 9. The SMILES string of the molecule is COC(=O)CCN(CCc1ccc(OC)c(OC)c1)C(=O)c1ccc(F)cc1. The van der Waals surface area contributed by atoms with Gasteiger partial charge in [0.1, 0.15) is 5.82 Å². The lowest BCUT2D eigenvalue weighted by Gasteiger charge is -2.23. The predicted octanol–water partition coefficient (Wildman–Crippen LogP) is 3.09. The molecule has 1 amide bonds. The van der Waals surface area contributed by atoms with E-state index in [1.54, 1.807) is 25.2 Å².